The molecule has 2 aromatic rings. The van der Waals surface area contributed by atoms with Gasteiger partial charge in [0.15, 0.2) is 2.14 Å². The number of hydrogen-bond donors (Lipinski definition) is 2. The van der Waals surface area contributed by atoms with E-state index in [1.807, 2.05) is 45.0 Å². The lowest BCUT2D eigenvalue weighted by atomic mass is 9.98. The second-order valence-electron chi connectivity index (χ2n) is 10.7. The summed E-state index contributed by atoms with van der Waals surface area (Å²) in [5.74, 6) is -0.486. The Morgan fingerprint density at radius 1 is 0.857 bits per heavy atom. The third-order valence-corrected chi connectivity index (χ3v) is 6.86. The Balaban J connectivity index is 1.48. The van der Waals surface area contributed by atoms with E-state index in [1.54, 1.807) is 0 Å². The molecule has 9 nitrogen and oxygen atoms in total. The fourth-order valence-corrected chi connectivity index (χ4v) is 4.72. The van der Waals surface area contributed by atoms with Crippen LogP contribution in [0.3, 0.4) is 0 Å². The molecule has 0 aliphatic heterocycles. The van der Waals surface area contributed by atoms with Crippen LogP contribution in [0.1, 0.15) is 37.8 Å². The number of hydrogen-bond acceptors (Lipinski definition) is 8. The van der Waals surface area contributed by atoms with Gasteiger partial charge in [0.05, 0.1) is 51.2 Å². The van der Waals surface area contributed by atoms with Gasteiger partial charge in [-0.1, -0.05) is 96.3 Å². The number of ether oxygens (including phenoxy) is 5. The van der Waals surface area contributed by atoms with Crippen LogP contribution in [0.15, 0.2) is 48.5 Å². The number of carbonyl (C=O) groups is 2. The van der Waals surface area contributed by atoms with Crippen molar-refractivity contribution in [3.05, 3.63) is 59.7 Å². The highest BCUT2D eigenvalue weighted by atomic mass is 80.0. The number of carbonyl (C=O) groups excluding carboxylic acids is 2. The van der Waals surface area contributed by atoms with Crippen molar-refractivity contribution in [3.8, 4) is 11.1 Å². The number of fused-ring (bicyclic) bond motifs is 3. The molecule has 0 unspecified atom stereocenters. The van der Waals surface area contributed by atoms with Gasteiger partial charge in [0.25, 0.3) is 0 Å². The largest absolute Gasteiger partial charge is 0.461 e. The number of alkyl halides is 3. The predicted octanol–water partition coefficient (Wildman–Crippen LogP) is 5.71. The summed E-state index contributed by atoms with van der Waals surface area (Å²) in [6.07, 6.45) is -0.562. The lowest BCUT2D eigenvalue weighted by Crippen LogP contribution is -2.46. The van der Waals surface area contributed by atoms with Gasteiger partial charge in [0, 0.05) is 12.5 Å². The second kappa shape index (κ2) is 17.1. The molecule has 3 rings (SSSR count). The van der Waals surface area contributed by atoms with Crippen molar-refractivity contribution >= 4 is 59.9 Å². The van der Waals surface area contributed by atoms with Crippen LogP contribution in [0.25, 0.3) is 11.1 Å². The molecule has 12 heteroatoms. The molecular formula is C30H39Br3N2O7. The number of esters is 1. The maximum atomic E-state index is 12.9. The average molecular weight is 779 g/mol. The van der Waals surface area contributed by atoms with Gasteiger partial charge < -0.3 is 34.3 Å². The standard InChI is InChI=1S/C30H39Br3N2O7/c1-29(2,3)42-15-14-38-12-13-39-18-21(16-34-17-27(36)41-20-30(31,32)33)35-28(37)40-19-26-24-10-6-4-8-22(24)23-9-5-7-11-25(23)26/h4-11,21,26,34H,12-20H2,1-3H3,(H,35,37)/t21-/m1/s1. The molecule has 1 aliphatic carbocycles. The Bertz CT molecular complexity index is 1110. The molecule has 232 valence electrons. The molecule has 2 N–H and O–H groups in total. The lowest BCUT2D eigenvalue weighted by Gasteiger charge is -2.21. The smallest absolute Gasteiger partial charge is 0.407 e. The first-order valence-electron chi connectivity index (χ1n) is 13.8. The summed E-state index contributed by atoms with van der Waals surface area (Å²) in [6.45, 7) is 8.36. The number of amides is 1. The summed E-state index contributed by atoms with van der Waals surface area (Å²) in [5, 5.41) is 5.88. The molecule has 0 saturated carbocycles. The Morgan fingerprint density at radius 3 is 2.07 bits per heavy atom. The van der Waals surface area contributed by atoms with E-state index < -0.39 is 20.2 Å². The van der Waals surface area contributed by atoms with Crippen LogP contribution < -0.4 is 10.6 Å². The van der Waals surface area contributed by atoms with Gasteiger partial charge in [-0.2, -0.15) is 0 Å². The molecule has 2 aromatic carbocycles. The van der Waals surface area contributed by atoms with Gasteiger partial charge in [-0.05, 0) is 43.0 Å². The fourth-order valence-electron chi connectivity index (χ4n) is 4.37. The molecule has 0 heterocycles. The van der Waals surface area contributed by atoms with Crippen LogP contribution in [0.4, 0.5) is 4.79 Å². The molecular weight excluding hydrogens is 740 g/mol. The molecule has 0 fully saturated rings. The van der Waals surface area contributed by atoms with Gasteiger partial charge >= 0.3 is 12.1 Å². The van der Waals surface area contributed by atoms with Crippen molar-refractivity contribution in [2.24, 2.45) is 0 Å². The Morgan fingerprint density at radius 2 is 1.45 bits per heavy atom. The molecule has 0 spiro atoms. The van der Waals surface area contributed by atoms with Crippen LogP contribution in [0.5, 0.6) is 0 Å². The highest BCUT2D eigenvalue weighted by molar-refractivity contribution is 9.39. The highest BCUT2D eigenvalue weighted by Gasteiger charge is 2.29. The minimum Gasteiger partial charge on any atom is -0.461 e. The number of alkyl carbamates (subject to hydrolysis) is 1. The zero-order valence-corrected chi connectivity index (χ0v) is 28.9. The summed E-state index contributed by atoms with van der Waals surface area (Å²) in [7, 11) is 0. The van der Waals surface area contributed by atoms with Crippen molar-refractivity contribution in [1.82, 2.24) is 10.6 Å². The number of nitrogens with one attached hydrogen (secondary N) is 2. The van der Waals surface area contributed by atoms with Gasteiger partial charge in [0.1, 0.15) is 13.2 Å². The minimum atomic E-state index is -0.675. The van der Waals surface area contributed by atoms with E-state index in [0.717, 1.165) is 22.3 Å². The van der Waals surface area contributed by atoms with E-state index in [-0.39, 0.29) is 44.4 Å². The summed E-state index contributed by atoms with van der Waals surface area (Å²) in [4.78, 5) is 24.9. The topological polar surface area (TPSA) is 104 Å². The van der Waals surface area contributed by atoms with Crippen molar-refractivity contribution in [3.63, 3.8) is 0 Å². The van der Waals surface area contributed by atoms with Crippen molar-refractivity contribution in [1.29, 1.82) is 0 Å². The summed E-state index contributed by atoms with van der Waals surface area (Å²) < 4.78 is 27.1. The maximum Gasteiger partial charge on any atom is 0.407 e. The maximum absolute atomic E-state index is 12.9. The van der Waals surface area contributed by atoms with E-state index in [1.165, 1.54) is 0 Å². The van der Waals surface area contributed by atoms with Crippen LogP contribution in [-0.2, 0) is 28.5 Å². The molecule has 1 aliphatic rings. The number of benzene rings is 2. The molecule has 1 amide bonds. The zero-order valence-electron chi connectivity index (χ0n) is 24.1. The summed E-state index contributed by atoms with van der Waals surface area (Å²) in [5.41, 5.74) is 4.39. The zero-order chi connectivity index (χ0) is 30.6. The monoisotopic (exact) mass is 776 g/mol. The second-order valence-corrected chi connectivity index (χ2v) is 18.0. The summed E-state index contributed by atoms with van der Waals surface area (Å²) >= 11 is 9.86. The Labute approximate surface area is 273 Å². The quantitative estimate of drug-likeness (QED) is 0.127. The highest BCUT2D eigenvalue weighted by Crippen LogP contribution is 2.44. The first-order chi connectivity index (χ1) is 19.9. The minimum absolute atomic E-state index is 0.0389. The van der Waals surface area contributed by atoms with E-state index in [4.69, 9.17) is 23.7 Å². The van der Waals surface area contributed by atoms with Gasteiger partial charge in [-0.25, -0.2) is 4.79 Å². The SMILES string of the molecule is CC(C)(C)OCCOCCOC[C@@H](CNCC(=O)OCC(Br)(Br)Br)NC(=O)OCC1c2ccccc2-c2ccccc21. The first kappa shape index (κ1) is 34.9. The third-order valence-electron chi connectivity index (χ3n) is 6.18. The lowest BCUT2D eigenvalue weighted by molar-refractivity contribution is -0.142. The van der Waals surface area contributed by atoms with Crippen molar-refractivity contribution in [2.45, 2.75) is 40.5 Å². The number of rotatable bonds is 16. The van der Waals surface area contributed by atoms with Gasteiger partial charge in [-0.3, -0.25) is 4.79 Å². The van der Waals surface area contributed by atoms with E-state index in [9.17, 15) is 9.59 Å². The van der Waals surface area contributed by atoms with E-state index >= 15 is 0 Å². The fraction of sp³-hybridized carbons (Fsp3) is 0.533. The van der Waals surface area contributed by atoms with Gasteiger partial charge in [-0.15, -0.1) is 0 Å². The van der Waals surface area contributed by atoms with Crippen LogP contribution in [0.2, 0.25) is 0 Å². The van der Waals surface area contributed by atoms with Crippen LogP contribution in [0, 0.1) is 0 Å². The van der Waals surface area contributed by atoms with Crippen molar-refractivity contribution < 1.29 is 33.3 Å². The predicted molar refractivity (Wildman–Crippen MR) is 173 cm³/mol. The van der Waals surface area contributed by atoms with Crippen molar-refractivity contribution in [2.75, 3.05) is 59.3 Å². The normalized spacial score (nSPS) is 13.8. The van der Waals surface area contributed by atoms with Gasteiger partial charge in [0.2, 0.25) is 0 Å². The Kier molecular flexibility index (Phi) is 14.2. The molecule has 42 heavy (non-hydrogen) atoms. The average Bonchev–Trinajstić information content (AvgIpc) is 3.24. The first-order valence-corrected chi connectivity index (χ1v) is 16.1. The number of halogens is 3. The van der Waals surface area contributed by atoms with Crippen LogP contribution in [-0.4, -0.2) is 85.2 Å². The summed E-state index contributed by atoms with van der Waals surface area (Å²) in [6, 6.07) is 15.9. The molecule has 0 saturated heterocycles. The molecule has 0 aromatic heterocycles. The molecule has 0 radical (unpaired) electrons. The Hall–Kier alpha value is -1.54. The molecule has 1 atom stereocenters. The van der Waals surface area contributed by atoms with E-state index in [0.29, 0.717) is 26.4 Å². The van der Waals surface area contributed by atoms with E-state index in [2.05, 4.69) is 82.7 Å². The van der Waals surface area contributed by atoms with Crippen LogP contribution >= 0.6 is 47.8 Å². The third kappa shape index (κ3) is 12.6. The molecule has 0 bridgehead atoms.